The molecule has 0 fully saturated rings. The molecule has 0 radical (unpaired) electrons. The van der Waals surface area contributed by atoms with Gasteiger partial charge in [-0.3, -0.25) is 14.8 Å². The number of aromatic nitrogens is 4. The van der Waals surface area contributed by atoms with Crippen LogP contribution in [0.2, 0.25) is 0 Å². The normalized spacial score (nSPS) is 10.7. The number of thioether (sulfide) groups is 1. The van der Waals surface area contributed by atoms with E-state index in [0.29, 0.717) is 21.3 Å². The summed E-state index contributed by atoms with van der Waals surface area (Å²) in [5, 5.41) is 3.67. The van der Waals surface area contributed by atoms with Crippen LogP contribution in [-0.4, -0.2) is 31.6 Å². The molecule has 1 amide bonds. The first-order valence-corrected chi connectivity index (χ1v) is 12.8. The largest absolute Gasteiger partial charge is 0.321 e. The van der Waals surface area contributed by atoms with Crippen molar-refractivity contribution in [3.8, 4) is 22.5 Å². The third-order valence-electron chi connectivity index (χ3n) is 4.36. The van der Waals surface area contributed by atoms with E-state index in [1.807, 2.05) is 25.1 Å². The summed E-state index contributed by atoms with van der Waals surface area (Å²) in [6.07, 6.45) is 7.80. The summed E-state index contributed by atoms with van der Waals surface area (Å²) in [4.78, 5) is 30.9. The van der Waals surface area contributed by atoms with E-state index in [1.165, 1.54) is 11.3 Å². The second kappa shape index (κ2) is 10.7. The number of amides is 1. The first kappa shape index (κ1) is 22.4. The van der Waals surface area contributed by atoms with Gasteiger partial charge in [0.15, 0.2) is 4.34 Å². The van der Waals surface area contributed by atoms with Crippen molar-refractivity contribution in [1.29, 1.82) is 0 Å². The molecule has 0 unspecified atom stereocenters. The molecular weight excluding hydrogens is 458 g/mol. The Morgan fingerprint density at radius 1 is 1.16 bits per heavy atom. The van der Waals surface area contributed by atoms with Crippen LogP contribution in [0.15, 0.2) is 41.1 Å². The number of hydrogen-bond donors (Lipinski definition) is 1. The van der Waals surface area contributed by atoms with Crippen molar-refractivity contribution in [3.63, 3.8) is 0 Å². The number of unbranched alkanes of at least 4 members (excludes halogenated alkanes) is 1. The van der Waals surface area contributed by atoms with Gasteiger partial charge in [-0.05, 0) is 31.5 Å². The summed E-state index contributed by atoms with van der Waals surface area (Å²) in [7, 11) is 0. The number of hydrogen-bond acceptors (Lipinski definition) is 8. The smallest absolute Gasteiger partial charge is 0.267 e. The van der Waals surface area contributed by atoms with Gasteiger partial charge >= 0.3 is 0 Å². The fourth-order valence-electron chi connectivity index (χ4n) is 2.85. The third kappa shape index (κ3) is 5.51. The second-order valence-corrected chi connectivity index (χ2v) is 10.2. The molecule has 9 heteroatoms. The first-order chi connectivity index (χ1) is 15.6. The Morgan fingerprint density at radius 3 is 2.84 bits per heavy atom. The van der Waals surface area contributed by atoms with Crippen LogP contribution in [0, 0.1) is 18.8 Å². The Balaban J connectivity index is 1.42. The van der Waals surface area contributed by atoms with Gasteiger partial charge in [0.2, 0.25) is 0 Å². The predicted molar refractivity (Wildman–Crippen MR) is 133 cm³/mol. The van der Waals surface area contributed by atoms with Crippen LogP contribution in [0.25, 0.3) is 20.9 Å². The summed E-state index contributed by atoms with van der Waals surface area (Å²) in [6.45, 7) is 3.96. The lowest BCUT2D eigenvalue weighted by Crippen LogP contribution is -2.11. The van der Waals surface area contributed by atoms with Gasteiger partial charge in [0.05, 0.1) is 22.1 Å². The molecule has 0 atom stereocenters. The molecule has 0 saturated carbocycles. The molecule has 1 N–H and O–H groups in total. The summed E-state index contributed by atoms with van der Waals surface area (Å²) < 4.78 is 2.07. The van der Waals surface area contributed by atoms with Crippen molar-refractivity contribution in [1.82, 2.24) is 19.9 Å². The number of nitrogens with zero attached hydrogens (tertiary/aromatic N) is 4. The molecule has 4 rings (SSSR count). The predicted octanol–water partition coefficient (Wildman–Crippen LogP) is 6.06. The summed E-state index contributed by atoms with van der Waals surface area (Å²) in [5.41, 5.74) is 3.01. The van der Waals surface area contributed by atoms with Crippen molar-refractivity contribution in [3.05, 3.63) is 47.4 Å². The van der Waals surface area contributed by atoms with Gasteiger partial charge in [0.25, 0.3) is 5.91 Å². The zero-order chi connectivity index (χ0) is 22.3. The average Bonchev–Trinajstić information content (AvgIpc) is 3.39. The van der Waals surface area contributed by atoms with Crippen LogP contribution < -0.4 is 5.32 Å². The fraction of sp³-hybridized carbons (Fsp3) is 0.261. The maximum atomic E-state index is 12.9. The molecule has 0 aliphatic rings. The highest BCUT2D eigenvalue weighted by Gasteiger charge is 2.17. The summed E-state index contributed by atoms with van der Waals surface area (Å²) in [5.74, 6) is 7.12. The molecule has 162 valence electrons. The number of aryl methyl sites for hydroxylation is 1. The number of rotatable bonds is 7. The van der Waals surface area contributed by atoms with Crippen LogP contribution in [-0.2, 0) is 0 Å². The van der Waals surface area contributed by atoms with Gasteiger partial charge in [-0.25, -0.2) is 9.97 Å². The van der Waals surface area contributed by atoms with Crippen molar-refractivity contribution in [2.24, 2.45) is 0 Å². The minimum Gasteiger partial charge on any atom is -0.321 e. The number of nitrogens with one attached hydrogen (secondary N) is 1. The lowest BCUT2D eigenvalue weighted by molar-refractivity contribution is 0.103. The van der Waals surface area contributed by atoms with Gasteiger partial charge < -0.3 is 5.32 Å². The Hall–Kier alpha value is -2.80. The van der Waals surface area contributed by atoms with E-state index in [2.05, 4.69) is 44.0 Å². The van der Waals surface area contributed by atoms with E-state index in [9.17, 15) is 4.79 Å². The Labute approximate surface area is 199 Å². The minimum absolute atomic E-state index is 0.181. The number of anilines is 1. The number of carbonyl (C=O) groups excluding carboxylic acids is 1. The van der Waals surface area contributed by atoms with Gasteiger partial charge in [0.1, 0.15) is 15.6 Å². The zero-order valence-corrected chi connectivity index (χ0v) is 20.2. The second-order valence-electron chi connectivity index (χ2n) is 6.84. The molecule has 0 aliphatic carbocycles. The highest BCUT2D eigenvalue weighted by Crippen LogP contribution is 2.32. The number of carbonyl (C=O) groups is 1. The van der Waals surface area contributed by atoms with E-state index >= 15 is 0 Å². The van der Waals surface area contributed by atoms with Crippen LogP contribution in [0.5, 0.6) is 0 Å². The van der Waals surface area contributed by atoms with Crippen molar-refractivity contribution in [2.75, 3.05) is 11.1 Å². The van der Waals surface area contributed by atoms with E-state index in [4.69, 9.17) is 0 Å². The highest BCUT2D eigenvalue weighted by atomic mass is 32.2. The van der Waals surface area contributed by atoms with Gasteiger partial charge in [-0.2, -0.15) is 0 Å². The lowest BCUT2D eigenvalue weighted by atomic mass is 10.3. The van der Waals surface area contributed by atoms with Crippen molar-refractivity contribution < 1.29 is 4.79 Å². The molecule has 0 spiro atoms. The number of thiazole rings is 2. The molecule has 32 heavy (non-hydrogen) atoms. The molecule has 0 saturated heterocycles. The highest BCUT2D eigenvalue weighted by molar-refractivity contribution is 8.01. The van der Waals surface area contributed by atoms with Gasteiger partial charge in [-0.15, -0.1) is 34.5 Å². The van der Waals surface area contributed by atoms with Crippen LogP contribution in [0.1, 0.15) is 41.6 Å². The maximum Gasteiger partial charge on any atom is 0.267 e. The monoisotopic (exact) mass is 479 g/mol. The zero-order valence-electron chi connectivity index (χ0n) is 17.7. The topological polar surface area (TPSA) is 80.7 Å². The van der Waals surface area contributed by atoms with E-state index in [-0.39, 0.29) is 5.91 Å². The Morgan fingerprint density at radius 2 is 2.03 bits per heavy atom. The molecule has 4 aromatic rings. The van der Waals surface area contributed by atoms with Gasteiger partial charge in [0, 0.05) is 36.7 Å². The van der Waals surface area contributed by atoms with Crippen molar-refractivity contribution in [2.45, 2.75) is 37.4 Å². The van der Waals surface area contributed by atoms with E-state index in [1.54, 1.807) is 41.7 Å². The third-order valence-corrected chi connectivity index (χ3v) is 7.71. The van der Waals surface area contributed by atoms with E-state index in [0.717, 1.165) is 45.3 Å². The van der Waals surface area contributed by atoms with Gasteiger partial charge in [-0.1, -0.05) is 18.7 Å². The average molecular weight is 480 g/mol. The maximum absolute atomic E-state index is 12.9. The van der Waals surface area contributed by atoms with Crippen molar-refractivity contribution >= 4 is 56.2 Å². The minimum atomic E-state index is -0.181. The van der Waals surface area contributed by atoms with Crippen LogP contribution in [0.4, 0.5) is 5.69 Å². The van der Waals surface area contributed by atoms with Crippen LogP contribution >= 0.6 is 34.4 Å². The lowest BCUT2D eigenvalue weighted by Gasteiger charge is -2.03. The quantitative estimate of drug-likeness (QED) is 0.197. The standard InChI is InChI=1S/C23H21N5OS3/c1-3-4-5-6-7-12-30-23-28-17-9-8-16(13-19(17)31-23)27-21(29)20-15(2)26-22(32-20)18-14-24-10-11-25-18/h8-11,13-14H,3-4,7,12H2,1-2H3,(H,27,29). The molecular formula is C23H21N5OS3. The fourth-order valence-corrected chi connectivity index (χ4v) is 5.80. The van der Waals surface area contributed by atoms with Crippen LogP contribution in [0.3, 0.4) is 0 Å². The molecule has 6 nitrogen and oxygen atoms in total. The number of benzene rings is 1. The number of fused-ring (bicyclic) bond motifs is 1. The Kier molecular flexibility index (Phi) is 7.47. The summed E-state index contributed by atoms with van der Waals surface area (Å²) in [6, 6.07) is 5.79. The SMILES string of the molecule is CCCC#CCCSc1nc2ccc(NC(=O)c3sc(-c4cnccn4)nc3C)cc2s1. The Bertz CT molecular complexity index is 1290. The molecule has 0 aliphatic heterocycles. The molecule has 3 aromatic heterocycles. The van der Waals surface area contributed by atoms with E-state index < -0.39 is 0 Å². The summed E-state index contributed by atoms with van der Waals surface area (Å²) >= 11 is 4.67. The first-order valence-electron chi connectivity index (χ1n) is 10.2. The molecule has 1 aromatic carbocycles. The molecule has 3 heterocycles. The molecule has 0 bridgehead atoms.